The summed E-state index contributed by atoms with van der Waals surface area (Å²) in [6, 6.07) is 6.19. The molecule has 0 bridgehead atoms. The molecule has 1 heterocycles. The molecular formula is C15H17FN2O3. The maximum absolute atomic E-state index is 13.7. The van der Waals surface area contributed by atoms with Crippen LogP contribution in [0.1, 0.15) is 5.69 Å². The number of methoxy groups -OCH3 is 3. The summed E-state index contributed by atoms with van der Waals surface area (Å²) in [6.07, 6.45) is 1.61. The third-order valence-electron chi connectivity index (χ3n) is 2.99. The number of pyridine rings is 1. The lowest BCUT2D eigenvalue weighted by Gasteiger charge is -2.13. The van der Waals surface area contributed by atoms with Crippen LogP contribution in [0.15, 0.2) is 30.5 Å². The van der Waals surface area contributed by atoms with E-state index in [-0.39, 0.29) is 5.82 Å². The number of ether oxygens (including phenoxy) is 3. The smallest absolute Gasteiger partial charge is 0.184 e. The Balaban J connectivity index is 2.20. The van der Waals surface area contributed by atoms with Crippen LogP contribution in [-0.4, -0.2) is 26.3 Å². The zero-order valence-electron chi connectivity index (χ0n) is 12.1. The lowest BCUT2D eigenvalue weighted by molar-refractivity contribution is 0.350. The zero-order valence-corrected chi connectivity index (χ0v) is 12.1. The topological polar surface area (TPSA) is 52.6 Å². The molecule has 0 radical (unpaired) electrons. The molecule has 0 aliphatic heterocycles. The van der Waals surface area contributed by atoms with Gasteiger partial charge in [-0.2, -0.15) is 0 Å². The minimum absolute atomic E-state index is 0.296. The van der Waals surface area contributed by atoms with Crippen molar-refractivity contribution in [3.63, 3.8) is 0 Å². The van der Waals surface area contributed by atoms with Gasteiger partial charge in [-0.25, -0.2) is 4.39 Å². The SMILES string of the molecule is COc1ccc(F)c(NCc2nccc(OC)c2OC)c1. The van der Waals surface area contributed by atoms with E-state index in [1.54, 1.807) is 31.5 Å². The number of nitrogens with one attached hydrogen (secondary N) is 1. The summed E-state index contributed by atoms with van der Waals surface area (Å²) in [6.45, 7) is 0.296. The fraction of sp³-hybridized carbons (Fsp3) is 0.267. The highest BCUT2D eigenvalue weighted by molar-refractivity contribution is 5.51. The molecule has 0 atom stereocenters. The fourth-order valence-corrected chi connectivity index (χ4v) is 1.92. The van der Waals surface area contributed by atoms with Crippen molar-refractivity contribution in [1.29, 1.82) is 0 Å². The number of aromatic nitrogens is 1. The lowest BCUT2D eigenvalue weighted by atomic mass is 10.2. The van der Waals surface area contributed by atoms with Crippen LogP contribution >= 0.6 is 0 Å². The number of rotatable bonds is 6. The molecule has 112 valence electrons. The molecule has 1 aromatic carbocycles. The van der Waals surface area contributed by atoms with Gasteiger partial charge in [0.05, 0.1) is 33.6 Å². The monoisotopic (exact) mass is 292 g/mol. The Labute approximate surface area is 122 Å². The van der Waals surface area contributed by atoms with Crippen LogP contribution in [0.3, 0.4) is 0 Å². The predicted molar refractivity (Wildman–Crippen MR) is 77.6 cm³/mol. The van der Waals surface area contributed by atoms with Crippen molar-refractivity contribution in [2.24, 2.45) is 0 Å². The van der Waals surface area contributed by atoms with Crippen LogP contribution < -0.4 is 19.5 Å². The van der Waals surface area contributed by atoms with E-state index >= 15 is 0 Å². The Morgan fingerprint density at radius 2 is 1.90 bits per heavy atom. The zero-order chi connectivity index (χ0) is 15.2. The van der Waals surface area contributed by atoms with Crippen molar-refractivity contribution in [3.8, 4) is 17.2 Å². The van der Waals surface area contributed by atoms with Crippen LogP contribution in [0.4, 0.5) is 10.1 Å². The Bertz CT molecular complexity index is 620. The predicted octanol–water partition coefficient (Wildman–Crippen LogP) is 2.86. The highest BCUT2D eigenvalue weighted by Gasteiger charge is 2.12. The lowest BCUT2D eigenvalue weighted by Crippen LogP contribution is -2.06. The van der Waals surface area contributed by atoms with Crippen LogP contribution in [-0.2, 0) is 6.54 Å². The van der Waals surface area contributed by atoms with Crippen LogP contribution in [0.25, 0.3) is 0 Å². The normalized spacial score (nSPS) is 10.1. The van der Waals surface area contributed by atoms with E-state index in [2.05, 4.69) is 10.3 Å². The van der Waals surface area contributed by atoms with Gasteiger partial charge in [-0.15, -0.1) is 0 Å². The Hall–Kier alpha value is -2.50. The average molecular weight is 292 g/mol. The van der Waals surface area contributed by atoms with Gasteiger partial charge < -0.3 is 19.5 Å². The first-order valence-corrected chi connectivity index (χ1v) is 6.33. The molecule has 2 aromatic rings. The highest BCUT2D eigenvalue weighted by Crippen LogP contribution is 2.30. The molecule has 0 unspecified atom stereocenters. The summed E-state index contributed by atoms with van der Waals surface area (Å²) in [5, 5.41) is 2.98. The molecular weight excluding hydrogens is 275 g/mol. The molecule has 1 N–H and O–H groups in total. The summed E-state index contributed by atoms with van der Waals surface area (Å²) < 4.78 is 29.3. The van der Waals surface area contributed by atoms with E-state index in [0.717, 1.165) is 0 Å². The molecule has 0 saturated heterocycles. The first-order valence-electron chi connectivity index (χ1n) is 6.33. The van der Waals surface area contributed by atoms with Crippen LogP contribution in [0.2, 0.25) is 0 Å². The van der Waals surface area contributed by atoms with Crippen molar-refractivity contribution in [1.82, 2.24) is 4.98 Å². The summed E-state index contributed by atoms with van der Waals surface area (Å²) in [5.41, 5.74) is 0.958. The maximum Gasteiger partial charge on any atom is 0.184 e. The minimum Gasteiger partial charge on any atom is -0.497 e. The quantitative estimate of drug-likeness (QED) is 0.887. The van der Waals surface area contributed by atoms with Gasteiger partial charge in [0.2, 0.25) is 0 Å². The first kappa shape index (κ1) is 14.9. The van der Waals surface area contributed by atoms with Gasteiger partial charge in [0.15, 0.2) is 11.5 Å². The van der Waals surface area contributed by atoms with Gasteiger partial charge in [-0.1, -0.05) is 0 Å². The Kier molecular flexibility index (Phi) is 4.81. The van der Waals surface area contributed by atoms with E-state index < -0.39 is 0 Å². The van der Waals surface area contributed by atoms with E-state index in [4.69, 9.17) is 14.2 Å². The Morgan fingerprint density at radius 1 is 1.10 bits per heavy atom. The van der Waals surface area contributed by atoms with E-state index in [1.165, 1.54) is 20.3 Å². The number of nitrogens with zero attached hydrogens (tertiary/aromatic N) is 1. The maximum atomic E-state index is 13.7. The van der Waals surface area contributed by atoms with E-state index in [1.807, 2.05) is 0 Å². The largest absolute Gasteiger partial charge is 0.497 e. The summed E-state index contributed by atoms with van der Waals surface area (Å²) >= 11 is 0. The first-order chi connectivity index (χ1) is 10.2. The number of anilines is 1. The highest BCUT2D eigenvalue weighted by atomic mass is 19.1. The molecule has 5 nitrogen and oxygen atoms in total. The molecule has 0 saturated carbocycles. The van der Waals surface area contributed by atoms with Gasteiger partial charge in [0, 0.05) is 18.3 Å². The third-order valence-corrected chi connectivity index (χ3v) is 2.99. The van der Waals surface area contributed by atoms with Crippen molar-refractivity contribution in [3.05, 3.63) is 42.0 Å². The molecule has 0 aliphatic rings. The van der Waals surface area contributed by atoms with Crippen molar-refractivity contribution in [2.45, 2.75) is 6.54 Å². The fourth-order valence-electron chi connectivity index (χ4n) is 1.92. The van der Waals surface area contributed by atoms with Gasteiger partial charge in [-0.05, 0) is 12.1 Å². The molecule has 6 heteroatoms. The van der Waals surface area contributed by atoms with E-state index in [9.17, 15) is 4.39 Å². The number of benzene rings is 1. The Morgan fingerprint density at radius 3 is 2.57 bits per heavy atom. The van der Waals surface area contributed by atoms with Crippen molar-refractivity contribution < 1.29 is 18.6 Å². The van der Waals surface area contributed by atoms with E-state index in [0.29, 0.717) is 35.2 Å². The summed E-state index contributed by atoms with van der Waals surface area (Å²) in [4.78, 5) is 4.22. The van der Waals surface area contributed by atoms with Gasteiger partial charge in [0.25, 0.3) is 0 Å². The third kappa shape index (κ3) is 3.34. The average Bonchev–Trinajstić information content (AvgIpc) is 2.53. The second kappa shape index (κ2) is 6.78. The molecule has 0 aliphatic carbocycles. The second-order valence-corrected chi connectivity index (χ2v) is 4.19. The standard InChI is InChI=1S/C15H17FN2O3/c1-19-10-4-5-11(16)12(8-10)18-9-13-15(21-3)14(20-2)6-7-17-13/h4-8,18H,9H2,1-3H3. The number of hydrogen-bond donors (Lipinski definition) is 1. The van der Waals surface area contributed by atoms with Crippen molar-refractivity contribution in [2.75, 3.05) is 26.6 Å². The summed E-state index contributed by atoms with van der Waals surface area (Å²) in [7, 11) is 4.62. The molecule has 1 aromatic heterocycles. The van der Waals surface area contributed by atoms with Crippen molar-refractivity contribution >= 4 is 5.69 Å². The van der Waals surface area contributed by atoms with Gasteiger partial charge in [0.1, 0.15) is 17.3 Å². The van der Waals surface area contributed by atoms with Gasteiger partial charge in [-0.3, -0.25) is 4.98 Å². The molecule has 21 heavy (non-hydrogen) atoms. The second-order valence-electron chi connectivity index (χ2n) is 4.19. The van der Waals surface area contributed by atoms with Crippen LogP contribution in [0, 0.1) is 5.82 Å². The minimum atomic E-state index is -0.363. The van der Waals surface area contributed by atoms with Crippen LogP contribution in [0.5, 0.6) is 17.2 Å². The molecule has 0 amide bonds. The molecule has 2 rings (SSSR count). The van der Waals surface area contributed by atoms with Gasteiger partial charge >= 0.3 is 0 Å². The molecule has 0 spiro atoms. The number of halogens is 1. The summed E-state index contributed by atoms with van der Waals surface area (Å²) in [5.74, 6) is 1.31. The number of hydrogen-bond acceptors (Lipinski definition) is 5. The molecule has 0 fully saturated rings.